The Morgan fingerprint density at radius 1 is 0.647 bits per heavy atom. The van der Waals surface area contributed by atoms with E-state index in [4.69, 9.17) is 0 Å². The second-order valence-corrected chi connectivity index (χ2v) is 6.11. The highest BCUT2D eigenvalue weighted by Crippen LogP contribution is 2.20. The molecule has 1 N–H and O–H groups in total. The van der Waals surface area contributed by atoms with Gasteiger partial charge in [0.05, 0.1) is 6.10 Å². The van der Waals surface area contributed by atoms with Crippen LogP contribution in [-0.2, 0) is 0 Å². The molecule has 1 aliphatic carbocycles. The maximum atomic E-state index is 9.94. The third-order valence-electron chi connectivity index (χ3n) is 4.16. The highest BCUT2D eigenvalue weighted by Gasteiger charge is 2.10. The lowest BCUT2D eigenvalue weighted by molar-refractivity contribution is 0.130. The molecule has 1 saturated carbocycles. The Labute approximate surface area is 108 Å². The van der Waals surface area contributed by atoms with E-state index in [9.17, 15) is 5.11 Å². The van der Waals surface area contributed by atoms with E-state index in [0.717, 1.165) is 18.8 Å². The van der Waals surface area contributed by atoms with E-state index < -0.39 is 0 Å². The van der Waals surface area contributed by atoms with Crippen LogP contribution in [0.2, 0.25) is 0 Å². The number of rotatable bonds is 0. The van der Waals surface area contributed by atoms with Gasteiger partial charge in [-0.05, 0) is 18.8 Å². The van der Waals surface area contributed by atoms with Crippen LogP contribution in [-0.4, -0.2) is 11.2 Å². The maximum Gasteiger partial charge on any atom is 0.0542 e. The lowest BCUT2D eigenvalue weighted by Gasteiger charge is -2.16. The highest BCUT2D eigenvalue weighted by molar-refractivity contribution is 4.63. The van der Waals surface area contributed by atoms with Crippen LogP contribution in [0.4, 0.5) is 0 Å². The van der Waals surface area contributed by atoms with Gasteiger partial charge in [-0.25, -0.2) is 0 Å². The fourth-order valence-electron chi connectivity index (χ4n) is 2.99. The Kier molecular flexibility index (Phi) is 8.78. The Morgan fingerprint density at radius 2 is 1.06 bits per heavy atom. The number of aliphatic hydroxyl groups is 1. The summed E-state index contributed by atoms with van der Waals surface area (Å²) in [6.07, 6.45) is 17.2. The first kappa shape index (κ1) is 15.0. The monoisotopic (exact) mass is 240 g/mol. The minimum atomic E-state index is -0.0323. The van der Waals surface area contributed by atoms with Crippen LogP contribution in [0.5, 0.6) is 0 Å². The second kappa shape index (κ2) is 9.94. The number of hydrogen-bond acceptors (Lipinski definition) is 1. The molecule has 0 aromatic heterocycles. The zero-order valence-corrected chi connectivity index (χ0v) is 11.8. The molecule has 0 bridgehead atoms. The summed E-state index contributed by atoms with van der Waals surface area (Å²) in [6, 6.07) is 0. The van der Waals surface area contributed by atoms with Crippen LogP contribution in [0.3, 0.4) is 0 Å². The molecule has 0 heterocycles. The van der Waals surface area contributed by atoms with Gasteiger partial charge in [-0.15, -0.1) is 0 Å². The first-order valence-corrected chi connectivity index (χ1v) is 7.97. The summed E-state index contributed by atoms with van der Waals surface area (Å²) in [7, 11) is 0. The largest absolute Gasteiger partial charge is 0.393 e. The van der Waals surface area contributed by atoms with Crippen LogP contribution in [0, 0.1) is 5.92 Å². The fraction of sp³-hybridized carbons (Fsp3) is 1.00. The number of aliphatic hydroxyl groups excluding tert-OH is 1. The molecular weight excluding hydrogens is 208 g/mol. The van der Waals surface area contributed by atoms with E-state index in [-0.39, 0.29) is 6.10 Å². The van der Waals surface area contributed by atoms with Crippen molar-refractivity contribution in [2.24, 2.45) is 5.92 Å². The molecule has 17 heavy (non-hydrogen) atoms. The molecule has 0 aromatic rings. The predicted molar refractivity (Wildman–Crippen MR) is 75.2 cm³/mol. The summed E-state index contributed by atoms with van der Waals surface area (Å²) in [6.45, 7) is 2.31. The summed E-state index contributed by atoms with van der Waals surface area (Å²) in [5.41, 5.74) is 0. The maximum absolute atomic E-state index is 9.94. The minimum absolute atomic E-state index is 0.0323. The summed E-state index contributed by atoms with van der Waals surface area (Å²) in [4.78, 5) is 0. The molecule has 1 heteroatoms. The fourth-order valence-corrected chi connectivity index (χ4v) is 2.99. The molecule has 0 aliphatic heterocycles. The Balaban J connectivity index is 2.21. The lowest BCUT2D eigenvalue weighted by Crippen LogP contribution is -2.11. The molecule has 1 rings (SSSR count). The van der Waals surface area contributed by atoms with Gasteiger partial charge in [-0.2, -0.15) is 0 Å². The molecule has 1 nitrogen and oxygen atoms in total. The van der Waals surface area contributed by atoms with Gasteiger partial charge in [-0.3, -0.25) is 0 Å². The molecule has 102 valence electrons. The van der Waals surface area contributed by atoms with Crippen molar-refractivity contribution in [2.45, 2.75) is 96.5 Å². The third kappa shape index (κ3) is 8.65. The zero-order chi connectivity index (χ0) is 12.3. The van der Waals surface area contributed by atoms with Gasteiger partial charge in [0.15, 0.2) is 0 Å². The second-order valence-electron chi connectivity index (χ2n) is 6.11. The van der Waals surface area contributed by atoms with Crippen molar-refractivity contribution in [1.29, 1.82) is 0 Å². The van der Waals surface area contributed by atoms with Crippen LogP contribution in [0.15, 0.2) is 0 Å². The van der Waals surface area contributed by atoms with Gasteiger partial charge in [0, 0.05) is 0 Å². The van der Waals surface area contributed by atoms with Crippen molar-refractivity contribution in [3.8, 4) is 0 Å². The summed E-state index contributed by atoms with van der Waals surface area (Å²) >= 11 is 0. The van der Waals surface area contributed by atoms with Crippen molar-refractivity contribution < 1.29 is 5.11 Å². The predicted octanol–water partition coefficient (Wildman–Crippen LogP) is 5.07. The topological polar surface area (TPSA) is 20.2 Å². The average molecular weight is 240 g/mol. The van der Waals surface area contributed by atoms with Crippen molar-refractivity contribution in [1.82, 2.24) is 0 Å². The first-order valence-electron chi connectivity index (χ1n) is 7.97. The first-order chi connectivity index (χ1) is 8.29. The molecule has 0 radical (unpaired) electrons. The van der Waals surface area contributed by atoms with Gasteiger partial charge in [0.2, 0.25) is 0 Å². The highest BCUT2D eigenvalue weighted by atomic mass is 16.3. The van der Waals surface area contributed by atoms with Crippen molar-refractivity contribution in [3.63, 3.8) is 0 Å². The Hall–Kier alpha value is -0.0400. The van der Waals surface area contributed by atoms with E-state index in [1.165, 1.54) is 70.6 Å². The lowest BCUT2D eigenvalue weighted by atomic mass is 9.94. The van der Waals surface area contributed by atoms with Crippen molar-refractivity contribution >= 4 is 0 Å². The molecule has 0 saturated heterocycles. The quantitative estimate of drug-likeness (QED) is 0.627. The van der Waals surface area contributed by atoms with Gasteiger partial charge in [0.1, 0.15) is 0 Å². The normalized spacial score (nSPS) is 31.4. The molecular formula is C16H32O. The SMILES string of the molecule is C[C@H]1CCCCCCCCCCCCC(O)C1. The van der Waals surface area contributed by atoms with Crippen LogP contribution < -0.4 is 0 Å². The van der Waals surface area contributed by atoms with Crippen LogP contribution >= 0.6 is 0 Å². The summed E-state index contributed by atoms with van der Waals surface area (Å²) < 4.78 is 0. The Morgan fingerprint density at radius 3 is 1.59 bits per heavy atom. The van der Waals surface area contributed by atoms with Gasteiger partial charge in [-0.1, -0.05) is 77.6 Å². The zero-order valence-electron chi connectivity index (χ0n) is 11.8. The number of hydrogen-bond donors (Lipinski definition) is 1. The van der Waals surface area contributed by atoms with Crippen molar-refractivity contribution in [3.05, 3.63) is 0 Å². The van der Waals surface area contributed by atoms with E-state index in [1.54, 1.807) is 0 Å². The molecule has 1 aliphatic rings. The molecule has 1 fully saturated rings. The average Bonchev–Trinajstić information content (AvgIpc) is 2.30. The molecule has 0 aromatic carbocycles. The van der Waals surface area contributed by atoms with Crippen LogP contribution in [0.1, 0.15) is 90.4 Å². The van der Waals surface area contributed by atoms with Gasteiger partial charge < -0.3 is 5.11 Å². The Bertz CT molecular complexity index is 149. The minimum Gasteiger partial charge on any atom is -0.393 e. The third-order valence-corrected chi connectivity index (χ3v) is 4.16. The van der Waals surface area contributed by atoms with E-state index in [1.807, 2.05) is 0 Å². The molecule has 0 amide bonds. The smallest absolute Gasteiger partial charge is 0.0542 e. The molecule has 1 unspecified atom stereocenters. The summed E-state index contributed by atoms with van der Waals surface area (Å²) in [5.74, 6) is 0.718. The molecule has 2 atom stereocenters. The van der Waals surface area contributed by atoms with Crippen molar-refractivity contribution in [2.75, 3.05) is 0 Å². The molecule has 0 spiro atoms. The van der Waals surface area contributed by atoms with E-state index >= 15 is 0 Å². The van der Waals surface area contributed by atoms with Gasteiger partial charge in [0.25, 0.3) is 0 Å². The summed E-state index contributed by atoms with van der Waals surface area (Å²) in [5, 5.41) is 9.94. The van der Waals surface area contributed by atoms with E-state index in [0.29, 0.717) is 0 Å². The standard InChI is InChI=1S/C16H32O/c1-15-12-10-8-6-4-2-3-5-7-9-11-13-16(17)14-15/h15-17H,2-14H2,1H3/t15-,16?/m0/s1. The van der Waals surface area contributed by atoms with E-state index in [2.05, 4.69) is 6.92 Å². The van der Waals surface area contributed by atoms with Gasteiger partial charge >= 0.3 is 0 Å². The van der Waals surface area contributed by atoms with Crippen LogP contribution in [0.25, 0.3) is 0 Å².